The van der Waals surface area contributed by atoms with Gasteiger partial charge in [-0.2, -0.15) is 0 Å². The van der Waals surface area contributed by atoms with Gasteiger partial charge in [-0.15, -0.1) is 0 Å². The van der Waals surface area contributed by atoms with Gasteiger partial charge in [-0.3, -0.25) is 9.78 Å². The first-order chi connectivity index (χ1) is 8.00. The van der Waals surface area contributed by atoms with E-state index in [0.29, 0.717) is 16.5 Å². The zero-order valence-electron chi connectivity index (χ0n) is 10.5. The van der Waals surface area contributed by atoms with Crippen molar-refractivity contribution in [2.45, 2.75) is 39.7 Å². The molecule has 1 amide bonds. The van der Waals surface area contributed by atoms with Crippen LogP contribution in [0.3, 0.4) is 0 Å². The van der Waals surface area contributed by atoms with E-state index in [0.717, 1.165) is 12.8 Å². The summed E-state index contributed by atoms with van der Waals surface area (Å²) in [6, 6.07) is 1.79. The van der Waals surface area contributed by atoms with Crippen molar-refractivity contribution in [2.24, 2.45) is 5.92 Å². The molecule has 1 rings (SSSR count). The maximum atomic E-state index is 11.9. The van der Waals surface area contributed by atoms with E-state index in [1.165, 1.54) is 6.20 Å². The fourth-order valence-corrected chi connectivity index (χ4v) is 1.72. The minimum absolute atomic E-state index is 0.131. The van der Waals surface area contributed by atoms with Crippen LogP contribution in [0.15, 0.2) is 18.5 Å². The average Bonchev–Trinajstić information content (AvgIpc) is 2.26. The van der Waals surface area contributed by atoms with E-state index in [-0.39, 0.29) is 11.9 Å². The molecule has 1 atom stereocenters. The molecule has 0 aliphatic carbocycles. The second-order valence-electron chi connectivity index (χ2n) is 4.70. The summed E-state index contributed by atoms with van der Waals surface area (Å²) in [4.78, 5) is 15.8. The molecule has 1 unspecified atom stereocenters. The average molecular weight is 255 g/mol. The SMILES string of the molecule is CC(C)CCC(C)NC(=O)c1ccncc1Cl. The van der Waals surface area contributed by atoms with Gasteiger partial charge in [0, 0.05) is 18.4 Å². The number of nitrogens with zero attached hydrogens (tertiary/aromatic N) is 1. The lowest BCUT2D eigenvalue weighted by atomic mass is 10.0. The molecular weight excluding hydrogens is 236 g/mol. The Morgan fingerprint density at radius 3 is 2.71 bits per heavy atom. The summed E-state index contributed by atoms with van der Waals surface area (Å²) in [5, 5.41) is 3.33. The second kappa shape index (κ2) is 6.60. The van der Waals surface area contributed by atoms with Gasteiger partial charge >= 0.3 is 0 Å². The van der Waals surface area contributed by atoms with Crippen LogP contribution in [0.1, 0.15) is 44.0 Å². The maximum absolute atomic E-state index is 11.9. The van der Waals surface area contributed by atoms with E-state index in [9.17, 15) is 4.79 Å². The van der Waals surface area contributed by atoms with Crippen molar-refractivity contribution in [3.63, 3.8) is 0 Å². The molecule has 0 bridgehead atoms. The molecule has 0 fully saturated rings. The van der Waals surface area contributed by atoms with Gasteiger partial charge in [0.1, 0.15) is 0 Å². The largest absolute Gasteiger partial charge is 0.350 e. The van der Waals surface area contributed by atoms with Crippen molar-refractivity contribution in [3.8, 4) is 0 Å². The van der Waals surface area contributed by atoms with Gasteiger partial charge < -0.3 is 5.32 Å². The molecule has 0 aromatic carbocycles. The molecule has 0 spiro atoms. The van der Waals surface area contributed by atoms with Gasteiger partial charge in [-0.25, -0.2) is 0 Å². The van der Waals surface area contributed by atoms with Crippen LogP contribution in [-0.2, 0) is 0 Å². The Morgan fingerprint density at radius 2 is 2.12 bits per heavy atom. The molecule has 4 heteroatoms. The third-order valence-corrected chi connectivity index (χ3v) is 2.87. The monoisotopic (exact) mass is 254 g/mol. The Bertz CT molecular complexity index is 379. The zero-order chi connectivity index (χ0) is 12.8. The minimum Gasteiger partial charge on any atom is -0.350 e. The summed E-state index contributed by atoms with van der Waals surface area (Å²) in [6.07, 6.45) is 5.13. The summed E-state index contributed by atoms with van der Waals surface area (Å²) in [5.41, 5.74) is 0.484. The molecular formula is C13H19ClN2O. The molecule has 0 saturated heterocycles. The fraction of sp³-hybridized carbons (Fsp3) is 0.538. The highest BCUT2D eigenvalue weighted by Crippen LogP contribution is 2.14. The van der Waals surface area contributed by atoms with Crippen molar-refractivity contribution in [1.29, 1.82) is 0 Å². The summed E-state index contributed by atoms with van der Waals surface area (Å²) in [7, 11) is 0. The van der Waals surface area contributed by atoms with Crippen LogP contribution >= 0.6 is 11.6 Å². The smallest absolute Gasteiger partial charge is 0.253 e. The number of amides is 1. The van der Waals surface area contributed by atoms with Gasteiger partial charge in [-0.05, 0) is 31.7 Å². The Morgan fingerprint density at radius 1 is 1.41 bits per heavy atom. The topological polar surface area (TPSA) is 42.0 Å². The van der Waals surface area contributed by atoms with Crippen LogP contribution in [0, 0.1) is 5.92 Å². The molecule has 0 saturated carbocycles. The zero-order valence-corrected chi connectivity index (χ0v) is 11.3. The Balaban J connectivity index is 2.52. The van der Waals surface area contributed by atoms with Crippen LogP contribution in [0.2, 0.25) is 5.02 Å². The molecule has 1 N–H and O–H groups in total. The van der Waals surface area contributed by atoms with E-state index in [1.54, 1.807) is 12.3 Å². The standard InChI is InChI=1S/C13H19ClN2O/c1-9(2)4-5-10(3)16-13(17)11-6-7-15-8-12(11)14/h6-10H,4-5H2,1-3H3,(H,16,17). The first-order valence-electron chi connectivity index (χ1n) is 5.91. The predicted molar refractivity (Wildman–Crippen MR) is 70.2 cm³/mol. The highest BCUT2D eigenvalue weighted by Gasteiger charge is 2.12. The van der Waals surface area contributed by atoms with Gasteiger partial charge in [0.25, 0.3) is 5.91 Å². The quantitative estimate of drug-likeness (QED) is 0.876. The van der Waals surface area contributed by atoms with Crippen LogP contribution in [0.4, 0.5) is 0 Å². The normalized spacial score (nSPS) is 12.5. The fourth-order valence-electron chi connectivity index (χ4n) is 1.52. The predicted octanol–water partition coefficient (Wildman–Crippen LogP) is 3.29. The number of rotatable bonds is 5. The second-order valence-corrected chi connectivity index (χ2v) is 5.11. The number of nitrogens with one attached hydrogen (secondary N) is 1. The van der Waals surface area contributed by atoms with E-state index >= 15 is 0 Å². The van der Waals surface area contributed by atoms with Crippen LogP contribution in [-0.4, -0.2) is 16.9 Å². The molecule has 1 aromatic heterocycles. The van der Waals surface area contributed by atoms with E-state index in [2.05, 4.69) is 24.1 Å². The Kier molecular flexibility index (Phi) is 5.42. The summed E-state index contributed by atoms with van der Waals surface area (Å²) >= 11 is 5.91. The lowest BCUT2D eigenvalue weighted by molar-refractivity contribution is 0.0937. The van der Waals surface area contributed by atoms with Gasteiger partial charge in [-0.1, -0.05) is 25.4 Å². The lowest BCUT2D eigenvalue weighted by Gasteiger charge is -2.15. The number of aromatic nitrogens is 1. The molecule has 0 aliphatic rings. The first kappa shape index (κ1) is 14.0. The molecule has 0 radical (unpaired) electrons. The minimum atomic E-state index is -0.131. The van der Waals surface area contributed by atoms with Gasteiger partial charge in [0.15, 0.2) is 0 Å². The van der Waals surface area contributed by atoms with E-state index < -0.39 is 0 Å². The molecule has 0 aliphatic heterocycles. The third kappa shape index (κ3) is 4.73. The highest BCUT2D eigenvalue weighted by atomic mass is 35.5. The van der Waals surface area contributed by atoms with Crippen molar-refractivity contribution in [2.75, 3.05) is 0 Å². The van der Waals surface area contributed by atoms with Gasteiger partial charge in [0.05, 0.1) is 10.6 Å². The number of hydrogen-bond donors (Lipinski definition) is 1. The van der Waals surface area contributed by atoms with Gasteiger partial charge in [0.2, 0.25) is 0 Å². The lowest BCUT2D eigenvalue weighted by Crippen LogP contribution is -2.32. The summed E-state index contributed by atoms with van der Waals surface area (Å²) < 4.78 is 0. The van der Waals surface area contributed by atoms with E-state index in [1.807, 2.05) is 6.92 Å². The number of halogens is 1. The van der Waals surface area contributed by atoms with Crippen molar-refractivity contribution < 1.29 is 4.79 Å². The Labute approximate surface area is 108 Å². The van der Waals surface area contributed by atoms with Crippen molar-refractivity contribution >= 4 is 17.5 Å². The van der Waals surface area contributed by atoms with E-state index in [4.69, 9.17) is 11.6 Å². The Hall–Kier alpha value is -1.09. The summed E-state index contributed by atoms with van der Waals surface area (Å²) in [6.45, 7) is 6.36. The first-order valence-corrected chi connectivity index (χ1v) is 6.29. The third-order valence-electron chi connectivity index (χ3n) is 2.57. The van der Waals surface area contributed by atoms with Crippen molar-refractivity contribution in [3.05, 3.63) is 29.0 Å². The number of carbonyl (C=O) groups is 1. The molecule has 1 aromatic rings. The number of pyridine rings is 1. The summed E-state index contributed by atoms with van der Waals surface area (Å²) in [5.74, 6) is 0.521. The molecule has 94 valence electrons. The highest BCUT2D eigenvalue weighted by molar-refractivity contribution is 6.33. The van der Waals surface area contributed by atoms with Crippen LogP contribution < -0.4 is 5.32 Å². The number of carbonyl (C=O) groups excluding carboxylic acids is 1. The van der Waals surface area contributed by atoms with Crippen LogP contribution in [0.25, 0.3) is 0 Å². The number of hydrogen-bond acceptors (Lipinski definition) is 2. The maximum Gasteiger partial charge on any atom is 0.253 e. The molecule has 3 nitrogen and oxygen atoms in total. The van der Waals surface area contributed by atoms with Crippen molar-refractivity contribution in [1.82, 2.24) is 10.3 Å². The van der Waals surface area contributed by atoms with Crippen LogP contribution in [0.5, 0.6) is 0 Å². The molecule has 1 heterocycles. The molecule has 17 heavy (non-hydrogen) atoms.